The number of carbonyl (C=O) groups is 1. The molecule has 3 N–H and O–H groups in total. The van der Waals surface area contributed by atoms with Gasteiger partial charge in [0.25, 0.3) is 0 Å². The van der Waals surface area contributed by atoms with E-state index in [2.05, 4.69) is 0 Å². The van der Waals surface area contributed by atoms with E-state index < -0.39 is 5.97 Å². The Bertz CT molecular complexity index is 63.2. The molecule has 0 aliphatic rings. The maximum Gasteiger partial charge on any atom is 0.304 e. The molecule has 4 nitrogen and oxygen atoms in total. The summed E-state index contributed by atoms with van der Waals surface area (Å²) in [6, 6.07) is 0. The molecule has 0 bridgehead atoms. The highest BCUT2D eigenvalue weighted by Crippen LogP contribution is 1.70. The van der Waals surface area contributed by atoms with Gasteiger partial charge in [0.1, 0.15) is 0 Å². The molecule has 0 radical (unpaired) electrons. The third-order valence-corrected chi connectivity index (χ3v) is 0.451. The summed E-state index contributed by atoms with van der Waals surface area (Å²) in [4.78, 5) is 9.61. The normalized spacial score (nSPS) is 8.71. The predicted molar refractivity (Wildman–Crippen MR) is 22.0 cm³/mol. The molecule has 0 atom stereocenters. The SMILES string of the molecule is O=C(O)CCNO. The van der Waals surface area contributed by atoms with Crippen molar-refractivity contribution < 1.29 is 15.1 Å². The molecule has 7 heavy (non-hydrogen) atoms. The smallest absolute Gasteiger partial charge is 0.304 e. The summed E-state index contributed by atoms with van der Waals surface area (Å²) in [5.74, 6) is -0.915. The lowest BCUT2D eigenvalue weighted by Gasteiger charge is -1.87. The Balaban J connectivity index is 2.82. The first kappa shape index (κ1) is 6.39. The molecule has 0 aliphatic carbocycles. The zero-order valence-electron chi connectivity index (χ0n) is 3.72. The van der Waals surface area contributed by atoms with E-state index in [-0.39, 0.29) is 13.0 Å². The average Bonchev–Trinajstić information content (AvgIpc) is 1.61. The van der Waals surface area contributed by atoms with Crippen molar-refractivity contribution in [3.05, 3.63) is 0 Å². The molecule has 0 spiro atoms. The molecule has 0 saturated carbocycles. The van der Waals surface area contributed by atoms with Crippen LogP contribution >= 0.6 is 0 Å². The third-order valence-electron chi connectivity index (χ3n) is 0.451. The van der Waals surface area contributed by atoms with E-state index in [1.165, 1.54) is 0 Å². The van der Waals surface area contributed by atoms with Crippen molar-refractivity contribution in [2.24, 2.45) is 0 Å². The number of hydroxylamine groups is 1. The third kappa shape index (κ3) is 5.39. The first-order chi connectivity index (χ1) is 3.27. The maximum atomic E-state index is 9.61. The van der Waals surface area contributed by atoms with Gasteiger partial charge >= 0.3 is 5.97 Å². The Morgan fingerprint density at radius 3 is 2.43 bits per heavy atom. The van der Waals surface area contributed by atoms with E-state index in [9.17, 15) is 4.79 Å². The fraction of sp³-hybridized carbons (Fsp3) is 0.667. The van der Waals surface area contributed by atoms with Crippen molar-refractivity contribution in [1.82, 2.24) is 5.48 Å². The lowest BCUT2D eigenvalue weighted by Crippen LogP contribution is -2.12. The first-order valence-corrected chi connectivity index (χ1v) is 1.86. The van der Waals surface area contributed by atoms with Crippen molar-refractivity contribution >= 4 is 5.97 Å². The molecule has 42 valence electrons. The van der Waals surface area contributed by atoms with Crippen LogP contribution in [-0.4, -0.2) is 22.8 Å². The second kappa shape index (κ2) is 3.58. The fourth-order valence-corrected chi connectivity index (χ4v) is 0.163. The van der Waals surface area contributed by atoms with Crippen LogP contribution < -0.4 is 5.48 Å². The summed E-state index contributed by atoms with van der Waals surface area (Å²) in [5.41, 5.74) is 1.72. The molecular formula is C3H7NO3. The van der Waals surface area contributed by atoms with E-state index in [0.29, 0.717) is 0 Å². The van der Waals surface area contributed by atoms with E-state index in [1.807, 2.05) is 0 Å². The number of hydrogen-bond donors (Lipinski definition) is 3. The topological polar surface area (TPSA) is 69.6 Å². The Hall–Kier alpha value is -0.610. The summed E-state index contributed by atoms with van der Waals surface area (Å²) >= 11 is 0. The molecule has 0 fully saturated rings. The van der Waals surface area contributed by atoms with Crippen molar-refractivity contribution in [2.75, 3.05) is 6.54 Å². The minimum absolute atomic E-state index is 0.0451. The molecule has 0 aromatic heterocycles. The molecule has 0 amide bonds. The van der Waals surface area contributed by atoms with Gasteiger partial charge in [-0.2, -0.15) is 0 Å². The van der Waals surface area contributed by atoms with Crippen LogP contribution in [0.5, 0.6) is 0 Å². The average molecular weight is 105 g/mol. The summed E-state index contributed by atoms with van der Waals surface area (Å²) in [7, 11) is 0. The van der Waals surface area contributed by atoms with E-state index >= 15 is 0 Å². The second-order valence-corrected chi connectivity index (χ2v) is 1.05. The van der Waals surface area contributed by atoms with Crippen LogP contribution in [0, 0.1) is 0 Å². The lowest BCUT2D eigenvalue weighted by molar-refractivity contribution is -0.137. The minimum atomic E-state index is -0.915. The number of nitrogens with one attached hydrogen (secondary N) is 1. The standard InChI is InChI=1S/C3H7NO3/c5-3(6)1-2-4-7/h4,7H,1-2H2,(H,5,6). The van der Waals surface area contributed by atoms with Crippen LogP contribution in [0.2, 0.25) is 0 Å². The number of hydrogen-bond acceptors (Lipinski definition) is 3. The van der Waals surface area contributed by atoms with Gasteiger partial charge in [0.05, 0.1) is 6.42 Å². The molecule has 0 unspecified atom stereocenters. The number of carboxylic acids is 1. The Morgan fingerprint density at radius 1 is 1.71 bits per heavy atom. The summed E-state index contributed by atoms with van der Waals surface area (Å²) in [6.07, 6.45) is -0.0451. The van der Waals surface area contributed by atoms with Crippen molar-refractivity contribution in [3.8, 4) is 0 Å². The van der Waals surface area contributed by atoms with Gasteiger partial charge in [-0.05, 0) is 0 Å². The highest BCUT2D eigenvalue weighted by molar-refractivity contribution is 5.66. The summed E-state index contributed by atoms with van der Waals surface area (Å²) in [5, 5.41) is 15.7. The van der Waals surface area contributed by atoms with Crippen LogP contribution in [0.1, 0.15) is 6.42 Å². The van der Waals surface area contributed by atoms with E-state index in [1.54, 1.807) is 5.48 Å². The fourth-order valence-electron chi connectivity index (χ4n) is 0.163. The van der Waals surface area contributed by atoms with Crippen LogP contribution in [-0.2, 0) is 4.79 Å². The van der Waals surface area contributed by atoms with Crippen molar-refractivity contribution in [1.29, 1.82) is 0 Å². The summed E-state index contributed by atoms with van der Waals surface area (Å²) < 4.78 is 0. The number of rotatable bonds is 3. The minimum Gasteiger partial charge on any atom is -0.481 e. The Kier molecular flexibility index (Phi) is 3.26. The molecule has 0 saturated heterocycles. The molecule has 0 heterocycles. The Morgan fingerprint density at radius 2 is 2.29 bits per heavy atom. The molecular weight excluding hydrogens is 98.0 g/mol. The Labute approximate surface area is 40.7 Å². The second-order valence-electron chi connectivity index (χ2n) is 1.05. The van der Waals surface area contributed by atoms with Gasteiger partial charge in [0.2, 0.25) is 0 Å². The number of aliphatic carboxylic acids is 1. The molecule has 0 aromatic carbocycles. The zero-order chi connectivity index (χ0) is 5.70. The van der Waals surface area contributed by atoms with Crippen LogP contribution in [0.4, 0.5) is 0 Å². The van der Waals surface area contributed by atoms with E-state index in [0.717, 1.165) is 0 Å². The first-order valence-electron chi connectivity index (χ1n) is 1.86. The largest absolute Gasteiger partial charge is 0.481 e. The van der Waals surface area contributed by atoms with Gasteiger partial charge in [-0.3, -0.25) is 4.79 Å². The molecule has 0 aromatic rings. The van der Waals surface area contributed by atoms with Gasteiger partial charge < -0.3 is 10.3 Å². The van der Waals surface area contributed by atoms with Crippen LogP contribution in [0.25, 0.3) is 0 Å². The van der Waals surface area contributed by atoms with E-state index in [4.69, 9.17) is 10.3 Å². The zero-order valence-corrected chi connectivity index (χ0v) is 3.72. The monoisotopic (exact) mass is 105 g/mol. The van der Waals surface area contributed by atoms with Gasteiger partial charge in [-0.1, -0.05) is 0 Å². The lowest BCUT2D eigenvalue weighted by atomic mass is 10.4. The van der Waals surface area contributed by atoms with Crippen molar-refractivity contribution in [3.63, 3.8) is 0 Å². The maximum absolute atomic E-state index is 9.61. The van der Waals surface area contributed by atoms with Gasteiger partial charge in [-0.25, -0.2) is 5.48 Å². The highest BCUT2D eigenvalue weighted by Gasteiger charge is 1.91. The van der Waals surface area contributed by atoms with Gasteiger partial charge in [0, 0.05) is 6.54 Å². The predicted octanol–water partition coefficient (Wildman–Crippen LogP) is -0.560. The quantitative estimate of drug-likeness (QED) is 0.421. The van der Waals surface area contributed by atoms with Crippen LogP contribution in [0.15, 0.2) is 0 Å². The molecule has 0 aliphatic heterocycles. The van der Waals surface area contributed by atoms with Crippen LogP contribution in [0.3, 0.4) is 0 Å². The molecule has 4 heteroatoms. The van der Waals surface area contributed by atoms with Gasteiger partial charge in [0.15, 0.2) is 0 Å². The highest BCUT2D eigenvalue weighted by atomic mass is 16.5. The summed E-state index contributed by atoms with van der Waals surface area (Å²) in [6.45, 7) is 0.106. The van der Waals surface area contributed by atoms with Crippen molar-refractivity contribution in [2.45, 2.75) is 6.42 Å². The molecule has 0 rings (SSSR count). The van der Waals surface area contributed by atoms with Gasteiger partial charge in [-0.15, -0.1) is 0 Å². The number of carboxylic acid groups (broad SMARTS) is 1.